The third-order valence-electron chi connectivity index (χ3n) is 2.52. The summed E-state index contributed by atoms with van der Waals surface area (Å²) in [5.41, 5.74) is 5.91. The monoisotopic (exact) mass is 300 g/mol. The number of hydrogen-bond acceptors (Lipinski definition) is 3. The zero-order valence-corrected chi connectivity index (χ0v) is 12.5. The van der Waals surface area contributed by atoms with Gasteiger partial charge in [0.25, 0.3) is 0 Å². The maximum atomic E-state index is 12.1. The Hall–Kier alpha value is -1.06. The number of nitrogens with two attached hydrogens (primary N) is 1. The SMILES string of the molecule is CCC(C)NS(=O)(=O)c1ccc(C#CCN)cc1Cl. The Bertz CT molecular complexity index is 603. The molecule has 1 rings (SSSR count). The molecule has 1 aromatic carbocycles. The van der Waals surface area contributed by atoms with Crippen LogP contribution in [0.2, 0.25) is 5.02 Å². The summed E-state index contributed by atoms with van der Waals surface area (Å²) in [6.07, 6.45) is 0.705. The lowest BCUT2D eigenvalue weighted by Gasteiger charge is -2.13. The minimum atomic E-state index is -3.59. The average molecular weight is 301 g/mol. The highest BCUT2D eigenvalue weighted by Crippen LogP contribution is 2.22. The van der Waals surface area contributed by atoms with Gasteiger partial charge in [-0.1, -0.05) is 30.4 Å². The third-order valence-corrected chi connectivity index (χ3v) is 4.60. The van der Waals surface area contributed by atoms with E-state index >= 15 is 0 Å². The van der Waals surface area contributed by atoms with Crippen LogP contribution in [-0.2, 0) is 10.0 Å². The molecule has 0 amide bonds. The van der Waals surface area contributed by atoms with Crippen LogP contribution in [-0.4, -0.2) is 21.0 Å². The normalized spacial score (nSPS) is 12.6. The van der Waals surface area contributed by atoms with Crippen molar-refractivity contribution in [3.63, 3.8) is 0 Å². The van der Waals surface area contributed by atoms with Crippen molar-refractivity contribution in [2.24, 2.45) is 5.73 Å². The van der Waals surface area contributed by atoms with E-state index in [9.17, 15) is 8.42 Å². The molecule has 1 atom stereocenters. The molecule has 0 aliphatic heterocycles. The molecule has 0 spiro atoms. The highest BCUT2D eigenvalue weighted by atomic mass is 35.5. The second kappa shape index (κ2) is 6.92. The van der Waals surface area contributed by atoms with Crippen LogP contribution in [0.3, 0.4) is 0 Å². The molecule has 1 aromatic rings. The zero-order chi connectivity index (χ0) is 14.5. The molecule has 0 saturated heterocycles. The Morgan fingerprint density at radius 2 is 2.16 bits per heavy atom. The Morgan fingerprint density at radius 1 is 1.47 bits per heavy atom. The van der Waals surface area contributed by atoms with Crippen molar-refractivity contribution in [2.45, 2.75) is 31.2 Å². The molecule has 0 bridgehead atoms. The highest BCUT2D eigenvalue weighted by Gasteiger charge is 2.19. The van der Waals surface area contributed by atoms with Crippen LogP contribution in [0.25, 0.3) is 0 Å². The van der Waals surface area contributed by atoms with Gasteiger partial charge in [-0.05, 0) is 31.5 Å². The summed E-state index contributed by atoms with van der Waals surface area (Å²) in [6, 6.07) is 4.45. The summed E-state index contributed by atoms with van der Waals surface area (Å²) in [5, 5.41) is 0.152. The standard InChI is InChI=1S/C13H17ClN2O2S/c1-3-10(2)16-19(17,18)13-7-6-11(5-4-8-15)9-12(13)14/h6-7,9-10,16H,3,8,15H2,1-2H3. The van der Waals surface area contributed by atoms with E-state index in [1.807, 2.05) is 6.92 Å². The van der Waals surface area contributed by atoms with Gasteiger partial charge in [0.15, 0.2) is 0 Å². The van der Waals surface area contributed by atoms with Gasteiger partial charge in [-0.15, -0.1) is 0 Å². The summed E-state index contributed by atoms with van der Waals surface area (Å²) in [5.74, 6) is 5.49. The molecule has 1 unspecified atom stereocenters. The Morgan fingerprint density at radius 3 is 2.68 bits per heavy atom. The van der Waals surface area contributed by atoms with Gasteiger partial charge in [-0.25, -0.2) is 13.1 Å². The van der Waals surface area contributed by atoms with E-state index in [2.05, 4.69) is 16.6 Å². The summed E-state index contributed by atoms with van der Waals surface area (Å²) < 4.78 is 26.7. The van der Waals surface area contributed by atoms with Crippen LogP contribution in [0.5, 0.6) is 0 Å². The van der Waals surface area contributed by atoms with Crippen molar-refractivity contribution in [3.05, 3.63) is 28.8 Å². The molecule has 4 nitrogen and oxygen atoms in total. The first kappa shape index (κ1) is 16.0. The summed E-state index contributed by atoms with van der Waals surface area (Å²) in [7, 11) is -3.59. The highest BCUT2D eigenvalue weighted by molar-refractivity contribution is 7.89. The van der Waals surface area contributed by atoms with Crippen molar-refractivity contribution in [1.29, 1.82) is 0 Å². The van der Waals surface area contributed by atoms with Crippen molar-refractivity contribution in [3.8, 4) is 11.8 Å². The maximum absolute atomic E-state index is 12.1. The molecular weight excluding hydrogens is 284 g/mol. The summed E-state index contributed by atoms with van der Waals surface area (Å²) in [6.45, 7) is 3.94. The number of sulfonamides is 1. The Kier molecular flexibility index (Phi) is 5.83. The van der Waals surface area contributed by atoms with E-state index in [0.29, 0.717) is 12.0 Å². The van der Waals surface area contributed by atoms with Gasteiger partial charge < -0.3 is 5.73 Å². The van der Waals surface area contributed by atoms with Gasteiger partial charge in [0, 0.05) is 11.6 Å². The van der Waals surface area contributed by atoms with Crippen LogP contribution in [0, 0.1) is 11.8 Å². The van der Waals surface area contributed by atoms with Crippen LogP contribution < -0.4 is 10.5 Å². The molecule has 19 heavy (non-hydrogen) atoms. The van der Waals surface area contributed by atoms with Gasteiger partial charge in [-0.3, -0.25) is 0 Å². The molecule has 0 aliphatic rings. The van der Waals surface area contributed by atoms with E-state index in [1.165, 1.54) is 12.1 Å². The Balaban J connectivity index is 3.09. The number of halogens is 1. The fraction of sp³-hybridized carbons (Fsp3) is 0.385. The number of hydrogen-bond donors (Lipinski definition) is 2. The number of benzene rings is 1. The number of rotatable bonds is 4. The topological polar surface area (TPSA) is 72.2 Å². The predicted octanol–water partition coefficient (Wildman–Crippen LogP) is 1.73. The lowest BCUT2D eigenvalue weighted by atomic mass is 10.2. The molecule has 0 aromatic heterocycles. The largest absolute Gasteiger partial charge is 0.320 e. The van der Waals surface area contributed by atoms with Gasteiger partial charge in [0.2, 0.25) is 10.0 Å². The lowest BCUT2D eigenvalue weighted by Crippen LogP contribution is -2.32. The first-order chi connectivity index (χ1) is 8.90. The van der Waals surface area contributed by atoms with Gasteiger partial charge >= 0.3 is 0 Å². The third kappa shape index (κ3) is 4.51. The lowest BCUT2D eigenvalue weighted by molar-refractivity contribution is 0.556. The summed E-state index contributed by atoms with van der Waals surface area (Å²) >= 11 is 6.00. The summed E-state index contributed by atoms with van der Waals surface area (Å²) in [4.78, 5) is 0.0627. The minimum Gasteiger partial charge on any atom is -0.320 e. The van der Waals surface area contributed by atoms with E-state index in [-0.39, 0.29) is 22.5 Å². The second-order valence-electron chi connectivity index (χ2n) is 4.08. The quantitative estimate of drug-likeness (QED) is 0.832. The van der Waals surface area contributed by atoms with Crippen molar-refractivity contribution in [1.82, 2.24) is 4.72 Å². The van der Waals surface area contributed by atoms with Crippen LogP contribution in [0.15, 0.2) is 23.1 Å². The van der Waals surface area contributed by atoms with E-state index in [0.717, 1.165) is 0 Å². The molecule has 6 heteroatoms. The fourth-order valence-electron chi connectivity index (χ4n) is 1.36. The van der Waals surface area contributed by atoms with Gasteiger partial charge in [0.1, 0.15) is 4.90 Å². The molecule has 0 fully saturated rings. The van der Waals surface area contributed by atoms with Crippen LogP contribution in [0.1, 0.15) is 25.8 Å². The molecule has 3 N–H and O–H groups in total. The fourth-order valence-corrected chi connectivity index (χ4v) is 3.23. The van der Waals surface area contributed by atoms with Crippen molar-refractivity contribution < 1.29 is 8.42 Å². The van der Waals surface area contributed by atoms with Crippen molar-refractivity contribution >= 4 is 21.6 Å². The van der Waals surface area contributed by atoms with E-state index < -0.39 is 10.0 Å². The molecule has 104 valence electrons. The molecule has 0 saturated carbocycles. The van der Waals surface area contributed by atoms with Gasteiger partial charge in [0.05, 0.1) is 11.6 Å². The molecule has 0 aliphatic carbocycles. The minimum absolute atomic E-state index is 0.0627. The molecule has 0 heterocycles. The molecule has 0 radical (unpaired) electrons. The average Bonchev–Trinajstić information content (AvgIpc) is 2.35. The first-order valence-corrected chi connectivity index (χ1v) is 7.77. The maximum Gasteiger partial charge on any atom is 0.242 e. The van der Waals surface area contributed by atoms with E-state index in [4.69, 9.17) is 17.3 Å². The van der Waals surface area contributed by atoms with Crippen molar-refractivity contribution in [2.75, 3.05) is 6.54 Å². The van der Waals surface area contributed by atoms with E-state index in [1.54, 1.807) is 13.0 Å². The van der Waals surface area contributed by atoms with Crippen LogP contribution in [0.4, 0.5) is 0 Å². The first-order valence-electron chi connectivity index (χ1n) is 5.91. The zero-order valence-electron chi connectivity index (χ0n) is 10.9. The Labute approximate surface area is 119 Å². The predicted molar refractivity (Wildman–Crippen MR) is 77.5 cm³/mol. The second-order valence-corrected chi connectivity index (χ2v) is 6.17. The smallest absolute Gasteiger partial charge is 0.242 e. The molecular formula is C13H17ClN2O2S. The van der Waals surface area contributed by atoms with Gasteiger partial charge in [-0.2, -0.15) is 0 Å². The van der Waals surface area contributed by atoms with Crippen LogP contribution >= 0.6 is 11.6 Å². The number of nitrogens with one attached hydrogen (secondary N) is 1.